The van der Waals surface area contributed by atoms with Gasteiger partial charge in [-0.2, -0.15) is 5.26 Å². The fourth-order valence-corrected chi connectivity index (χ4v) is 4.74. The van der Waals surface area contributed by atoms with Gasteiger partial charge in [0.05, 0.1) is 17.4 Å². The van der Waals surface area contributed by atoms with Crippen molar-refractivity contribution in [3.8, 4) is 6.07 Å². The number of nitrogens with one attached hydrogen (secondary N) is 1. The summed E-state index contributed by atoms with van der Waals surface area (Å²) in [5.41, 5.74) is 1.63. The Labute approximate surface area is 151 Å². The molecule has 0 atom stereocenters. The van der Waals surface area contributed by atoms with E-state index in [2.05, 4.69) is 16.4 Å². The lowest BCUT2D eigenvalue weighted by atomic mass is 10.1. The lowest BCUT2D eigenvalue weighted by Crippen LogP contribution is -2.26. The first kappa shape index (κ1) is 19.1. The maximum absolute atomic E-state index is 11.9. The molecule has 1 heterocycles. The van der Waals surface area contributed by atoms with Crippen LogP contribution in [-0.2, 0) is 21.1 Å². The van der Waals surface area contributed by atoms with Crippen molar-refractivity contribution in [3.63, 3.8) is 0 Å². The zero-order chi connectivity index (χ0) is 18.4. The van der Waals surface area contributed by atoms with Crippen LogP contribution >= 0.6 is 11.3 Å². The number of aromatic nitrogens is 1. The highest BCUT2D eigenvalue weighted by Crippen LogP contribution is 2.21. The second kappa shape index (κ2) is 8.23. The molecule has 0 unspecified atom stereocenters. The Balaban J connectivity index is 1.94. The molecule has 0 aliphatic carbocycles. The van der Waals surface area contributed by atoms with Crippen LogP contribution in [0.1, 0.15) is 29.9 Å². The summed E-state index contributed by atoms with van der Waals surface area (Å²) in [6.45, 7) is 3.59. The van der Waals surface area contributed by atoms with E-state index < -0.39 is 21.5 Å². The van der Waals surface area contributed by atoms with E-state index in [9.17, 15) is 13.2 Å². The lowest BCUT2D eigenvalue weighted by Gasteiger charge is -2.06. The minimum Gasteiger partial charge on any atom is -0.301 e. The Kier molecular flexibility index (Phi) is 6.28. The Morgan fingerprint density at radius 2 is 2.00 bits per heavy atom. The first-order valence-electron chi connectivity index (χ1n) is 7.71. The maximum Gasteiger partial charge on any atom is 0.241 e. The molecule has 1 N–H and O–H groups in total. The molecule has 1 aromatic carbocycles. The van der Waals surface area contributed by atoms with Gasteiger partial charge in [-0.15, -0.1) is 11.3 Å². The Bertz CT molecular complexity index is 879. The largest absolute Gasteiger partial charge is 0.301 e. The normalized spacial score (nSPS) is 11.3. The number of sulfone groups is 1. The summed E-state index contributed by atoms with van der Waals surface area (Å²) in [6, 6.07) is 9.31. The van der Waals surface area contributed by atoms with Gasteiger partial charge in [0.15, 0.2) is 15.0 Å². The van der Waals surface area contributed by atoms with Gasteiger partial charge in [0.2, 0.25) is 5.91 Å². The van der Waals surface area contributed by atoms with Crippen molar-refractivity contribution >= 4 is 32.2 Å². The van der Waals surface area contributed by atoms with Crippen molar-refractivity contribution in [1.29, 1.82) is 5.26 Å². The van der Waals surface area contributed by atoms with E-state index in [4.69, 9.17) is 5.26 Å². The third kappa shape index (κ3) is 6.29. The molecule has 25 heavy (non-hydrogen) atoms. The minimum atomic E-state index is -3.41. The van der Waals surface area contributed by atoms with Crippen LogP contribution in [0.2, 0.25) is 0 Å². The van der Waals surface area contributed by atoms with E-state index in [-0.39, 0.29) is 11.7 Å². The smallest absolute Gasteiger partial charge is 0.241 e. The van der Waals surface area contributed by atoms with E-state index in [0.717, 1.165) is 10.4 Å². The zero-order valence-electron chi connectivity index (χ0n) is 14.0. The number of hydrogen-bond donors (Lipinski definition) is 1. The standard InChI is InChI=1S/C17H19N3O3S2/c1-12(2)10-25(22,23)11-16(21)20-17-19-9-15(24-17)7-13-3-5-14(8-18)6-4-13/h3-6,9,12H,7,10-11H2,1-2H3,(H,19,20,21). The van der Waals surface area contributed by atoms with Crippen LogP contribution in [0.15, 0.2) is 30.5 Å². The predicted molar refractivity (Wildman–Crippen MR) is 98.2 cm³/mol. The monoisotopic (exact) mass is 377 g/mol. The maximum atomic E-state index is 11.9. The van der Waals surface area contributed by atoms with Gasteiger partial charge >= 0.3 is 0 Å². The van der Waals surface area contributed by atoms with E-state index in [1.54, 1.807) is 32.2 Å². The molecule has 0 saturated carbocycles. The molecule has 0 bridgehead atoms. The molecular formula is C17H19N3O3S2. The number of nitriles is 1. The number of thiazole rings is 1. The summed E-state index contributed by atoms with van der Waals surface area (Å²) in [6.07, 6.45) is 2.28. The number of anilines is 1. The van der Waals surface area contributed by atoms with Gasteiger partial charge in [-0.3, -0.25) is 4.79 Å². The molecule has 0 saturated heterocycles. The average Bonchev–Trinajstić information content (AvgIpc) is 2.92. The molecule has 0 spiro atoms. The van der Waals surface area contributed by atoms with Crippen LogP contribution < -0.4 is 5.32 Å². The number of carbonyl (C=O) groups excluding carboxylic acids is 1. The van der Waals surface area contributed by atoms with E-state index in [0.29, 0.717) is 17.1 Å². The molecule has 2 aromatic rings. The van der Waals surface area contributed by atoms with Crippen molar-refractivity contribution in [3.05, 3.63) is 46.5 Å². The van der Waals surface area contributed by atoms with E-state index >= 15 is 0 Å². The highest BCUT2D eigenvalue weighted by atomic mass is 32.2. The number of nitrogens with zero attached hydrogens (tertiary/aromatic N) is 2. The van der Waals surface area contributed by atoms with Crippen molar-refractivity contribution in [2.24, 2.45) is 5.92 Å². The summed E-state index contributed by atoms with van der Waals surface area (Å²) in [4.78, 5) is 16.9. The third-order valence-corrected chi connectivity index (χ3v) is 5.99. The van der Waals surface area contributed by atoms with Crippen molar-refractivity contribution in [2.45, 2.75) is 20.3 Å². The summed E-state index contributed by atoms with van der Waals surface area (Å²) >= 11 is 1.30. The molecule has 0 fully saturated rings. The Hall–Kier alpha value is -2.24. The molecule has 1 amide bonds. The summed E-state index contributed by atoms with van der Waals surface area (Å²) in [7, 11) is -3.41. The van der Waals surface area contributed by atoms with Crippen molar-refractivity contribution < 1.29 is 13.2 Å². The SMILES string of the molecule is CC(C)CS(=O)(=O)CC(=O)Nc1ncc(Cc2ccc(C#N)cc2)s1. The molecule has 2 rings (SSSR count). The van der Waals surface area contributed by atoms with Gasteiger partial charge in [0, 0.05) is 17.5 Å². The second-order valence-corrected chi connectivity index (χ2v) is 9.34. The highest BCUT2D eigenvalue weighted by Gasteiger charge is 2.19. The molecule has 132 valence electrons. The molecule has 8 heteroatoms. The third-order valence-electron chi connectivity index (χ3n) is 3.20. The van der Waals surface area contributed by atoms with Gasteiger partial charge in [-0.25, -0.2) is 13.4 Å². The van der Waals surface area contributed by atoms with Gasteiger partial charge in [0.25, 0.3) is 0 Å². The summed E-state index contributed by atoms with van der Waals surface area (Å²) in [5.74, 6) is -1.13. The van der Waals surface area contributed by atoms with Crippen LogP contribution in [0.3, 0.4) is 0 Å². The number of benzene rings is 1. The molecular weight excluding hydrogens is 358 g/mol. The van der Waals surface area contributed by atoms with Gasteiger partial charge in [0.1, 0.15) is 5.75 Å². The number of amides is 1. The van der Waals surface area contributed by atoms with Gasteiger partial charge < -0.3 is 5.32 Å². The topological polar surface area (TPSA) is 99.9 Å². The lowest BCUT2D eigenvalue weighted by molar-refractivity contribution is -0.113. The van der Waals surface area contributed by atoms with Crippen LogP contribution in [-0.4, -0.2) is 30.8 Å². The molecule has 1 aromatic heterocycles. The molecule has 6 nitrogen and oxygen atoms in total. The zero-order valence-corrected chi connectivity index (χ0v) is 15.7. The first-order valence-corrected chi connectivity index (χ1v) is 10.3. The highest BCUT2D eigenvalue weighted by molar-refractivity contribution is 7.92. The van der Waals surface area contributed by atoms with Crippen molar-refractivity contribution in [2.75, 3.05) is 16.8 Å². The van der Waals surface area contributed by atoms with Crippen LogP contribution in [0.25, 0.3) is 0 Å². The van der Waals surface area contributed by atoms with Gasteiger partial charge in [-0.1, -0.05) is 26.0 Å². The predicted octanol–water partition coefficient (Wildman–Crippen LogP) is 2.61. The number of carbonyl (C=O) groups is 1. The quantitative estimate of drug-likeness (QED) is 0.799. The second-order valence-electron chi connectivity index (χ2n) is 6.11. The van der Waals surface area contributed by atoms with Gasteiger partial charge in [-0.05, 0) is 23.6 Å². The van der Waals surface area contributed by atoms with Crippen LogP contribution in [0.4, 0.5) is 5.13 Å². The van der Waals surface area contributed by atoms with E-state index in [1.807, 2.05) is 12.1 Å². The minimum absolute atomic E-state index is 0.0117. The fraction of sp³-hybridized carbons (Fsp3) is 0.353. The van der Waals surface area contributed by atoms with Crippen LogP contribution in [0, 0.1) is 17.2 Å². The summed E-state index contributed by atoms with van der Waals surface area (Å²) in [5, 5.41) is 11.7. The molecule has 0 aliphatic rings. The summed E-state index contributed by atoms with van der Waals surface area (Å²) < 4.78 is 23.7. The number of rotatable bonds is 7. The number of hydrogen-bond acceptors (Lipinski definition) is 6. The first-order chi connectivity index (χ1) is 11.8. The Morgan fingerprint density at radius 1 is 1.32 bits per heavy atom. The molecule has 0 aliphatic heterocycles. The average molecular weight is 377 g/mol. The fourth-order valence-electron chi connectivity index (χ4n) is 2.27. The van der Waals surface area contributed by atoms with Crippen molar-refractivity contribution in [1.82, 2.24) is 4.98 Å². The van der Waals surface area contributed by atoms with E-state index in [1.165, 1.54) is 11.3 Å². The Morgan fingerprint density at radius 3 is 2.60 bits per heavy atom. The van der Waals surface area contributed by atoms with Crippen LogP contribution in [0.5, 0.6) is 0 Å². The molecule has 0 radical (unpaired) electrons.